The zero-order chi connectivity index (χ0) is 16.9. The first-order valence-electron chi connectivity index (χ1n) is 7.88. The van der Waals surface area contributed by atoms with E-state index >= 15 is 0 Å². The van der Waals surface area contributed by atoms with Gasteiger partial charge in [0.05, 0.1) is 0 Å². The quantitative estimate of drug-likeness (QED) is 0.806. The predicted octanol–water partition coefficient (Wildman–Crippen LogP) is 5.14. The molecular formula is C20H28O2. The van der Waals surface area contributed by atoms with Gasteiger partial charge in [-0.3, -0.25) is 0 Å². The molecule has 0 unspecified atom stereocenters. The van der Waals surface area contributed by atoms with Crippen LogP contribution in [0.1, 0.15) is 47.2 Å². The van der Waals surface area contributed by atoms with Gasteiger partial charge in [-0.2, -0.15) is 0 Å². The SMILES string of the molecule is CCc1cc(C)c(O)c(C)c1.CCc1cc(C)c(O)c(C)c1. The lowest BCUT2D eigenvalue weighted by Crippen LogP contribution is -1.85. The maximum absolute atomic E-state index is 9.43. The normalized spacial score (nSPS) is 10.1. The van der Waals surface area contributed by atoms with Gasteiger partial charge in [0.2, 0.25) is 0 Å². The first-order chi connectivity index (χ1) is 10.3. The number of aryl methyl sites for hydroxylation is 6. The molecule has 0 aliphatic heterocycles. The van der Waals surface area contributed by atoms with E-state index in [2.05, 4.69) is 13.8 Å². The second-order valence-electron chi connectivity index (χ2n) is 5.86. The van der Waals surface area contributed by atoms with Crippen molar-refractivity contribution in [2.24, 2.45) is 0 Å². The van der Waals surface area contributed by atoms with Crippen LogP contribution in [0.25, 0.3) is 0 Å². The molecule has 0 heterocycles. The maximum atomic E-state index is 9.43. The third-order valence-electron chi connectivity index (χ3n) is 3.92. The van der Waals surface area contributed by atoms with E-state index in [-0.39, 0.29) is 0 Å². The summed E-state index contributed by atoms with van der Waals surface area (Å²) in [7, 11) is 0. The molecule has 22 heavy (non-hydrogen) atoms. The molecule has 0 bridgehead atoms. The molecule has 2 aromatic carbocycles. The monoisotopic (exact) mass is 300 g/mol. The molecule has 0 fully saturated rings. The fourth-order valence-electron chi connectivity index (χ4n) is 2.50. The predicted molar refractivity (Wildman–Crippen MR) is 93.9 cm³/mol. The fourth-order valence-corrected chi connectivity index (χ4v) is 2.50. The van der Waals surface area contributed by atoms with Crippen LogP contribution in [-0.2, 0) is 12.8 Å². The Hall–Kier alpha value is -1.96. The third kappa shape index (κ3) is 4.52. The van der Waals surface area contributed by atoms with Gasteiger partial charge in [-0.15, -0.1) is 0 Å². The van der Waals surface area contributed by atoms with Gasteiger partial charge in [0.15, 0.2) is 0 Å². The standard InChI is InChI=1S/2C10H14O/c2*1-4-9-5-7(2)10(11)8(3)6-9/h2*5-6,11H,4H2,1-3H3. The number of hydrogen-bond acceptors (Lipinski definition) is 2. The zero-order valence-corrected chi connectivity index (χ0v) is 14.6. The highest BCUT2D eigenvalue weighted by molar-refractivity contribution is 5.42. The minimum absolute atomic E-state index is 0.433. The average molecular weight is 300 g/mol. The maximum Gasteiger partial charge on any atom is 0.121 e. The molecule has 120 valence electrons. The van der Waals surface area contributed by atoms with Crippen LogP contribution in [0.5, 0.6) is 11.5 Å². The molecule has 0 aliphatic carbocycles. The van der Waals surface area contributed by atoms with Gasteiger partial charge < -0.3 is 10.2 Å². The Bertz CT molecular complexity index is 539. The molecule has 2 heteroatoms. The van der Waals surface area contributed by atoms with Gasteiger partial charge in [-0.25, -0.2) is 0 Å². The van der Waals surface area contributed by atoms with Crippen molar-refractivity contribution in [3.8, 4) is 11.5 Å². The molecular weight excluding hydrogens is 272 g/mol. The van der Waals surface area contributed by atoms with E-state index < -0.39 is 0 Å². The van der Waals surface area contributed by atoms with Crippen molar-refractivity contribution in [1.82, 2.24) is 0 Å². The molecule has 2 nitrogen and oxygen atoms in total. The number of aromatic hydroxyl groups is 2. The summed E-state index contributed by atoms with van der Waals surface area (Å²) in [4.78, 5) is 0. The van der Waals surface area contributed by atoms with Gasteiger partial charge in [-0.05, 0) is 73.9 Å². The molecule has 2 N–H and O–H groups in total. The van der Waals surface area contributed by atoms with Crippen LogP contribution in [-0.4, -0.2) is 10.2 Å². The summed E-state index contributed by atoms with van der Waals surface area (Å²) in [6.07, 6.45) is 2.06. The van der Waals surface area contributed by atoms with Crippen molar-refractivity contribution < 1.29 is 10.2 Å². The Morgan fingerprint density at radius 3 is 1.00 bits per heavy atom. The van der Waals surface area contributed by atoms with Crippen molar-refractivity contribution in [3.05, 3.63) is 57.6 Å². The van der Waals surface area contributed by atoms with E-state index in [4.69, 9.17) is 0 Å². The summed E-state index contributed by atoms with van der Waals surface area (Å²) < 4.78 is 0. The fraction of sp³-hybridized carbons (Fsp3) is 0.400. The Morgan fingerprint density at radius 1 is 0.591 bits per heavy atom. The summed E-state index contributed by atoms with van der Waals surface area (Å²) in [5, 5.41) is 18.9. The first kappa shape index (κ1) is 18.1. The second kappa shape index (κ2) is 7.88. The summed E-state index contributed by atoms with van der Waals surface area (Å²) in [5.41, 5.74) is 6.48. The lowest BCUT2D eigenvalue weighted by Gasteiger charge is -2.05. The molecule has 2 aromatic rings. The van der Waals surface area contributed by atoms with E-state index in [0.717, 1.165) is 35.1 Å². The van der Waals surface area contributed by atoms with Gasteiger partial charge in [-0.1, -0.05) is 38.1 Å². The second-order valence-corrected chi connectivity index (χ2v) is 5.86. The largest absolute Gasteiger partial charge is 0.507 e. The topological polar surface area (TPSA) is 40.5 Å². The summed E-state index contributed by atoms with van der Waals surface area (Å²) in [6, 6.07) is 8.12. The molecule has 0 aromatic heterocycles. The number of rotatable bonds is 2. The smallest absolute Gasteiger partial charge is 0.121 e. The number of benzene rings is 2. The van der Waals surface area contributed by atoms with Crippen molar-refractivity contribution in [2.75, 3.05) is 0 Å². The van der Waals surface area contributed by atoms with Crippen molar-refractivity contribution in [1.29, 1.82) is 0 Å². The molecule has 0 spiro atoms. The number of phenolic OH excluding ortho intramolecular Hbond substituents is 2. The summed E-state index contributed by atoms with van der Waals surface area (Å²) in [6.45, 7) is 12.0. The molecule has 0 amide bonds. The van der Waals surface area contributed by atoms with Gasteiger partial charge in [0.25, 0.3) is 0 Å². The number of phenols is 2. The van der Waals surface area contributed by atoms with Crippen LogP contribution in [0.2, 0.25) is 0 Å². The highest BCUT2D eigenvalue weighted by Gasteiger charge is 2.01. The average Bonchev–Trinajstić information content (AvgIpc) is 2.49. The van der Waals surface area contributed by atoms with Crippen LogP contribution in [0.4, 0.5) is 0 Å². The molecule has 0 radical (unpaired) electrons. The first-order valence-corrected chi connectivity index (χ1v) is 7.88. The molecule has 0 saturated heterocycles. The lowest BCUT2D eigenvalue weighted by atomic mass is 10.0. The minimum atomic E-state index is 0.433. The van der Waals surface area contributed by atoms with Gasteiger partial charge in [0.1, 0.15) is 11.5 Å². The van der Waals surface area contributed by atoms with Crippen LogP contribution in [0, 0.1) is 27.7 Å². The van der Waals surface area contributed by atoms with E-state index in [1.807, 2.05) is 52.0 Å². The summed E-state index contributed by atoms with van der Waals surface area (Å²) in [5.74, 6) is 0.865. The van der Waals surface area contributed by atoms with Crippen molar-refractivity contribution in [2.45, 2.75) is 54.4 Å². The van der Waals surface area contributed by atoms with Crippen molar-refractivity contribution >= 4 is 0 Å². The van der Waals surface area contributed by atoms with Crippen LogP contribution >= 0.6 is 0 Å². The van der Waals surface area contributed by atoms with Crippen molar-refractivity contribution in [3.63, 3.8) is 0 Å². The highest BCUT2D eigenvalue weighted by Crippen LogP contribution is 2.23. The highest BCUT2D eigenvalue weighted by atomic mass is 16.3. The van der Waals surface area contributed by atoms with Gasteiger partial charge >= 0.3 is 0 Å². The molecule has 0 atom stereocenters. The Kier molecular flexibility index (Phi) is 6.48. The van der Waals surface area contributed by atoms with E-state index in [1.165, 1.54) is 11.1 Å². The molecule has 0 aliphatic rings. The number of hydrogen-bond donors (Lipinski definition) is 2. The zero-order valence-electron chi connectivity index (χ0n) is 14.6. The lowest BCUT2D eigenvalue weighted by molar-refractivity contribution is 0.466. The van der Waals surface area contributed by atoms with Crippen LogP contribution in [0.3, 0.4) is 0 Å². The Balaban J connectivity index is 0.000000220. The van der Waals surface area contributed by atoms with E-state index in [9.17, 15) is 10.2 Å². The van der Waals surface area contributed by atoms with E-state index in [1.54, 1.807) is 0 Å². The third-order valence-corrected chi connectivity index (χ3v) is 3.92. The van der Waals surface area contributed by atoms with Crippen LogP contribution < -0.4 is 0 Å². The van der Waals surface area contributed by atoms with E-state index in [0.29, 0.717) is 11.5 Å². The Labute approximate surface area is 134 Å². The van der Waals surface area contributed by atoms with Crippen LogP contribution in [0.15, 0.2) is 24.3 Å². The Morgan fingerprint density at radius 2 is 0.818 bits per heavy atom. The minimum Gasteiger partial charge on any atom is -0.507 e. The molecule has 0 saturated carbocycles. The summed E-state index contributed by atoms with van der Waals surface area (Å²) >= 11 is 0. The molecule has 2 rings (SSSR count). The van der Waals surface area contributed by atoms with Gasteiger partial charge in [0, 0.05) is 0 Å².